The van der Waals surface area contributed by atoms with Crippen molar-refractivity contribution in [2.45, 2.75) is 19.1 Å². The molecule has 0 spiro atoms. The van der Waals surface area contributed by atoms with E-state index >= 15 is 0 Å². The molecule has 0 saturated heterocycles. The predicted octanol–water partition coefficient (Wildman–Crippen LogP) is 1.70. The number of hydrogen-bond donors (Lipinski definition) is 2. The molecular formula is C10H12F2O3. The molecule has 0 saturated carbocycles. The highest BCUT2D eigenvalue weighted by molar-refractivity contribution is 5.29. The van der Waals surface area contributed by atoms with E-state index in [1.165, 1.54) is 18.2 Å². The van der Waals surface area contributed by atoms with Crippen LogP contribution in [0.15, 0.2) is 24.3 Å². The average molecular weight is 218 g/mol. The highest BCUT2D eigenvalue weighted by Crippen LogP contribution is 2.22. The maximum Gasteiger partial charge on any atom is 0.387 e. The lowest BCUT2D eigenvalue weighted by molar-refractivity contribution is -0.0500. The lowest BCUT2D eigenvalue weighted by atomic mass is 10.1. The predicted molar refractivity (Wildman–Crippen MR) is 49.7 cm³/mol. The van der Waals surface area contributed by atoms with Gasteiger partial charge in [-0.2, -0.15) is 8.78 Å². The molecule has 0 heterocycles. The van der Waals surface area contributed by atoms with E-state index < -0.39 is 12.7 Å². The van der Waals surface area contributed by atoms with Crippen molar-refractivity contribution in [1.82, 2.24) is 0 Å². The number of aliphatic hydroxyl groups is 2. The number of ether oxygens (including phenoxy) is 1. The number of benzene rings is 1. The standard InChI is InChI=1S/C10H12F2O3/c11-10(12)15-8-3-1-2-7(6-8)9(14)4-5-13/h1-3,6,9-10,13-14H,4-5H2. The van der Waals surface area contributed by atoms with Gasteiger partial charge in [0.1, 0.15) is 5.75 Å². The quantitative estimate of drug-likeness (QED) is 0.790. The van der Waals surface area contributed by atoms with Gasteiger partial charge in [0.05, 0.1) is 6.10 Å². The highest BCUT2D eigenvalue weighted by Gasteiger charge is 2.09. The minimum absolute atomic E-state index is 0.000472. The van der Waals surface area contributed by atoms with E-state index in [1.54, 1.807) is 6.07 Å². The Balaban J connectivity index is 2.73. The van der Waals surface area contributed by atoms with Crippen LogP contribution >= 0.6 is 0 Å². The molecule has 0 radical (unpaired) electrons. The molecule has 15 heavy (non-hydrogen) atoms. The molecule has 0 aliphatic carbocycles. The van der Waals surface area contributed by atoms with Gasteiger partial charge in [0.25, 0.3) is 0 Å². The van der Waals surface area contributed by atoms with E-state index in [4.69, 9.17) is 5.11 Å². The second kappa shape index (κ2) is 5.63. The van der Waals surface area contributed by atoms with Crippen molar-refractivity contribution in [3.8, 4) is 5.75 Å². The first-order valence-electron chi connectivity index (χ1n) is 4.47. The third-order valence-electron chi connectivity index (χ3n) is 1.87. The average Bonchev–Trinajstić information content (AvgIpc) is 2.17. The fourth-order valence-electron chi connectivity index (χ4n) is 1.19. The van der Waals surface area contributed by atoms with Crippen molar-refractivity contribution in [1.29, 1.82) is 0 Å². The van der Waals surface area contributed by atoms with Gasteiger partial charge in [0, 0.05) is 13.0 Å². The van der Waals surface area contributed by atoms with Crippen LogP contribution in [0.1, 0.15) is 18.1 Å². The third-order valence-corrected chi connectivity index (χ3v) is 1.87. The Bertz CT molecular complexity index is 304. The molecule has 0 fully saturated rings. The van der Waals surface area contributed by atoms with Gasteiger partial charge in [-0.15, -0.1) is 0 Å². The van der Waals surface area contributed by atoms with Gasteiger partial charge < -0.3 is 14.9 Å². The van der Waals surface area contributed by atoms with Crippen LogP contribution in [-0.2, 0) is 0 Å². The molecule has 1 rings (SSSR count). The SMILES string of the molecule is OCCC(O)c1cccc(OC(F)F)c1. The van der Waals surface area contributed by atoms with Crippen LogP contribution < -0.4 is 4.74 Å². The van der Waals surface area contributed by atoms with Crippen molar-refractivity contribution in [3.63, 3.8) is 0 Å². The van der Waals surface area contributed by atoms with E-state index in [9.17, 15) is 13.9 Å². The summed E-state index contributed by atoms with van der Waals surface area (Å²) in [5.74, 6) is -0.000472. The minimum Gasteiger partial charge on any atom is -0.435 e. The van der Waals surface area contributed by atoms with Gasteiger partial charge in [-0.3, -0.25) is 0 Å². The van der Waals surface area contributed by atoms with Crippen LogP contribution in [0.3, 0.4) is 0 Å². The molecule has 0 aromatic heterocycles. The molecule has 0 aliphatic heterocycles. The van der Waals surface area contributed by atoms with Crippen LogP contribution in [0.2, 0.25) is 0 Å². The van der Waals surface area contributed by atoms with Gasteiger partial charge in [-0.05, 0) is 17.7 Å². The van der Waals surface area contributed by atoms with E-state index in [2.05, 4.69) is 4.74 Å². The second-order valence-corrected chi connectivity index (χ2v) is 2.98. The molecule has 2 N–H and O–H groups in total. The zero-order valence-electron chi connectivity index (χ0n) is 7.94. The van der Waals surface area contributed by atoms with E-state index in [0.717, 1.165) is 0 Å². The van der Waals surface area contributed by atoms with Gasteiger partial charge in [0.15, 0.2) is 0 Å². The first-order valence-corrected chi connectivity index (χ1v) is 4.47. The van der Waals surface area contributed by atoms with Crippen molar-refractivity contribution < 1.29 is 23.7 Å². The van der Waals surface area contributed by atoms with Crippen molar-refractivity contribution in [2.75, 3.05) is 6.61 Å². The van der Waals surface area contributed by atoms with E-state index in [0.29, 0.717) is 5.56 Å². The lowest BCUT2D eigenvalue weighted by Crippen LogP contribution is -2.04. The van der Waals surface area contributed by atoms with Gasteiger partial charge in [-0.25, -0.2) is 0 Å². The van der Waals surface area contributed by atoms with Crippen LogP contribution in [0.25, 0.3) is 0 Å². The Labute approximate surface area is 85.9 Å². The fourth-order valence-corrected chi connectivity index (χ4v) is 1.19. The van der Waals surface area contributed by atoms with Crippen LogP contribution in [-0.4, -0.2) is 23.4 Å². The Morgan fingerprint density at radius 1 is 1.33 bits per heavy atom. The Kier molecular flexibility index (Phi) is 4.45. The first-order chi connectivity index (χ1) is 7.13. The summed E-state index contributed by atoms with van der Waals surface area (Å²) in [6.45, 7) is -3.04. The molecule has 0 amide bonds. The molecule has 1 aromatic rings. The second-order valence-electron chi connectivity index (χ2n) is 2.98. The molecule has 1 atom stereocenters. The molecule has 0 bridgehead atoms. The van der Waals surface area contributed by atoms with E-state index in [-0.39, 0.29) is 18.8 Å². The van der Waals surface area contributed by atoms with Gasteiger partial charge in [-0.1, -0.05) is 12.1 Å². The van der Waals surface area contributed by atoms with E-state index in [1.807, 2.05) is 0 Å². The normalized spacial score (nSPS) is 12.9. The summed E-state index contributed by atoms with van der Waals surface area (Å²) in [6.07, 6.45) is -0.700. The van der Waals surface area contributed by atoms with Crippen LogP contribution in [0, 0.1) is 0 Å². The monoisotopic (exact) mass is 218 g/mol. The number of hydrogen-bond acceptors (Lipinski definition) is 3. The fraction of sp³-hybridized carbons (Fsp3) is 0.400. The Morgan fingerprint density at radius 3 is 2.67 bits per heavy atom. The number of aliphatic hydroxyl groups excluding tert-OH is 2. The number of rotatable bonds is 5. The van der Waals surface area contributed by atoms with Crippen LogP contribution in [0.4, 0.5) is 8.78 Å². The molecule has 84 valence electrons. The molecule has 0 aliphatic rings. The summed E-state index contributed by atoms with van der Waals surface area (Å²) in [5, 5.41) is 18.1. The minimum atomic E-state index is -2.88. The largest absolute Gasteiger partial charge is 0.435 e. The third kappa shape index (κ3) is 3.81. The summed E-state index contributed by atoms with van der Waals surface area (Å²) < 4.78 is 27.9. The maximum absolute atomic E-state index is 11.9. The number of alkyl halides is 2. The number of halogens is 2. The summed E-state index contributed by atoms with van der Waals surface area (Å²) >= 11 is 0. The zero-order valence-corrected chi connectivity index (χ0v) is 7.94. The lowest BCUT2D eigenvalue weighted by Gasteiger charge is -2.11. The Morgan fingerprint density at radius 2 is 2.07 bits per heavy atom. The summed E-state index contributed by atoms with van der Waals surface area (Å²) in [7, 11) is 0. The molecule has 1 unspecified atom stereocenters. The molecule has 3 nitrogen and oxygen atoms in total. The summed E-state index contributed by atoms with van der Waals surface area (Å²) in [4.78, 5) is 0. The van der Waals surface area contributed by atoms with Gasteiger partial charge in [0.2, 0.25) is 0 Å². The van der Waals surface area contributed by atoms with Gasteiger partial charge >= 0.3 is 6.61 Å². The summed E-state index contributed by atoms with van der Waals surface area (Å²) in [6, 6.07) is 5.79. The molecule has 5 heteroatoms. The van der Waals surface area contributed by atoms with Crippen molar-refractivity contribution in [3.05, 3.63) is 29.8 Å². The maximum atomic E-state index is 11.9. The van der Waals surface area contributed by atoms with Crippen molar-refractivity contribution in [2.24, 2.45) is 0 Å². The molecular weight excluding hydrogens is 206 g/mol. The smallest absolute Gasteiger partial charge is 0.387 e. The molecule has 1 aromatic carbocycles. The Hall–Kier alpha value is -1.20. The summed E-state index contributed by atoms with van der Waals surface area (Å²) in [5.41, 5.74) is 0.446. The first kappa shape index (κ1) is 11.9. The topological polar surface area (TPSA) is 49.7 Å². The zero-order chi connectivity index (χ0) is 11.3. The van der Waals surface area contributed by atoms with Crippen LogP contribution in [0.5, 0.6) is 5.75 Å². The highest BCUT2D eigenvalue weighted by atomic mass is 19.3. The van der Waals surface area contributed by atoms with Crippen molar-refractivity contribution >= 4 is 0 Å².